The van der Waals surface area contributed by atoms with Crippen LogP contribution >= 0.6 is 35.0 Å². The van der Waals surface area contributed by atoms with Gasteiger partial charge in [0, 0.05) is 15.6 Å². The highest BCUT2D eigenvalue weighted by atomic mass is 35.5. The minimum Gasteiger partial charge on any atom is -0.457 e. The van der Waals surface area contributed by atoms with Gasteiger partial charge in [-0.25, -0.2) is 4.99 Å². The maximum Gasteiger partial charge on any atom is 0.289 e. The first-order chi connectivity index (χ1) is 13.9. The second kappa shape index (κ2) is 8.11. The van der Waals surface area contributed by atoms with E-state index in [4.69, 9.17) is 27.6 Å². The molecule has 1 N–H and O–H groups in total. The van der Waals surface area contributed by atoms with Gasteiger partial charge in [0.15, 0.2) is 0 Å². The zero-order valence-corrected chi connectivity index (χ0v) is 18.0. The molecule has 2 aromatic carbocycles. The Kier molecular flexibility index (Phi) is 5.54. The SMILES string of the molecule is Cc1ccc(N=C2NC(=O)SC2=Cc2ccc(-c3cc(Cl)cc(Cl)c3)o2)cc1C. The highest BCUT2D eigenvalue weighted by Gasteiger charge is 2.24. The van der Waals surface area contributed by atoms with Gasteiger partial charge >= 0.3 is 0 Å². The molecule has 7 heteroatoms. The van der Waals surface area contributed by atoms with Crippen LogP contribution in [0, 0.1) is 13.8 Å². The molecule has 4 nitrogen and oxygen atoms in total. The minimum atomic E-state index is -0.174. The summed E-state index contributed by atoms with van der Waals surface area (Å²) in [6, 6.07) is 14.8. The van der Waals surface area contributed by atoms with E-state index in [1.807, 2.05) is 44.2 Å². The van der Waals surface area contributed by atoms with E-state index in [1.54, 1.807) is 24.3 Å². The molecule has 0 atom stereocenters. The van der Waals surface area contributed by atoms with E-state index in [9.17, 15) is 4.79 Å². The summed E-state index contributed by atoms with van der Waals surface area (Å²) < 4.78 is 5.91. The lowest BCUT2D eigenvalue weighted by atomic mass is 10.1. The van der Waals surface area contributed by atoms with Crippen LogP contribution in [0.25, 0.3) is 17.4 Å². The van der Waals surface area contributed by atoms with Crippen LogP contribution in [0.3, 0.4) is 0 Å². The number of amides is 1. The number of rotatable bonds is 3. The number of hydrogen-bond acceptors (Lipinski definition) is 4. The molecule has 1 aliphatic rings. The third-order valence-electron chi connectivity index (χ3n) is 4.44. The number of thioether (sulfide) groups is 1. The van der Waals surface area contributed by atoms with E-state index in [1.165, 1.54) is 5.56 Å². The largest absolute Gasteiger partial charge is 0.457 e. The van der Waals surface area contributed by atoms with Gasteiger partial charge < -0.3 is 9.73 Å². The molecule has 1 fully saturated rings. The van der Waals surface area contributed by atoms with Crippen LogP contribution < -0.4 is 5.32 Å². The smallest absolute Gasteiger partial charge is 0.289 e. The summed E-state index contributed by atoms with van der Waals surface area (Å²) in [6.45, 7) is 4.08. The number of carbonyl (C=O) groups is 1. The summed E-state index contributed by atoms with van der Waals surface area (Å²) in [4.78, 5) is 17.2. The van der Waals surface area contributed by atoms with Crippen LogP contribution in [-0.2, 0) is 0 Å². The first kappa shape index (κ1) is 19.8. The number of nitrogens with zero attached hydrogens (tertiary/aromatic N) is 1. The number of aliphatic imine (C=N–C) groups is 1. The Morgan fingerprint density at radius 2 is 1.76 bits per heavy atom. The molecule has 0 aliphatic carbocycles. The van der Waals surface area contributed by atoms with Crippen molar-refractivity contribution in [1.29, 1.82) is 0 Å². The number of furan rings is 1. The number of amidine groups is 1. The van der Waals surface area contributed by atoms with Gasteiger partial charge in [0.2, 0.25) is 0 Å². The van der Waals surface area contributed by atoms with Crippen LogP contribution in [0.4, 0.5) is 10.5 Å². The monoisotopic (exact) mass is 442 g/mol. The Hall–Kier alpha value is -2.47. The van der Waals surface area contributed by atoms with Crippen molar-refractivity contribution >= 4 is 57.8 Å². The average Bonchev–Trinajstić information content (AvgIpc) is 3.24. The molecule has 1 saturated heterocycles. The molecule has 1 aromatic heterocycles. The second-order valence-corrected chi connectivity index (χ2v) is 8.50. The fourth-order valence-corrected chi connectivity index (χ4v) is 4.09. The highest BCUT2D eigenvalue weighted by molar-refractivity contribution is 8.18. The molecular weight excluding hydrogens is 427 g/mol. The molecule has 1 amide bonds. The molecule has 0 radical (unpaired) electrons. The highest BCUT2D eigenvalue weighted by Crippen LogP contribution is 2.32. The van der Waals surface area contributed by atoms with Crippen molar-refractivity contribution in [1.82, 2.24) is 5.32 Å². The number of halogens is 2. The quantitative estimate of drug-likeness (QED) is 0.459. The predicted octanol–water partition coefficient (Wildman–Crippen LogP) is 7.40. The maximum absolute atomic E-state index is 11.9. The van der Waals surface area contributed by atoms with Gasteiger partial charge in [-0.2, -0.15) is 0 Å². The van der Waals surface area contributed by atoms with Gasteiger partial charge in [-0.15, -0.1) is 0 Å². The van der Waals surface area contributed by atoms with Gasteiger partial charge in [0.05, 0.1) is 10.6 Å². The first-order valence-corrected chi connectivity index (χ1v) is 10.4. The van der Waals surface area contributed by atoms with Crippen molar-refractivity contribution in [2.45, 2.75) is 13.8 Å². The number of carbonyl (C=O) groups excluding carboxylic acids is 1. The molecule has 1 aliphatic heterocycles. The van der Waals surface area contributed by atoms with Crippen molar-refractivity contribution in [3.8, 4) is 11.3 Å². The van der Waals surface area contributed by atoms with E-state index in [-0.39, 0.29) is 5.24 Å². The Labute approximate surface area is 182 Å². The zero-order valence-electron chi connectivity index (χ0n) is 15.6. The molecule has 146 valence electrons. The van der Waals surface area contributed by atoms with E-state index in [2.05, 4.69) is 10.3 Å². The normalized spacial score (nSPS) is 16.6. The molecule has 0 bridgehead atoms. The van der Waals surface area contributed by atoms with Crippen LogP contribution in [0.15, 0.2) is 62.8 Å². The maximum atomic E-state index is 11.9. The molecule has 4 rings (SSSR count). The van der Waals surface area contributed by atoms with Crippen molar-refractivity contribution < 1.29 is 9.21 Å². The van der Waals surface area contributed by atoms with Crippen LogP contribution in [0.1, 0.15) is 16.9 Å². The van der Waals surface area contributed by atoms with E-state index < -0.39 is 0 Å². The van der Waals surface area contributed by atoms with Crippen molar-refractivity contribution in [2.75, 3.05) is 0 Å². The lowest BCUT2D eigenvalue weighted by Crippen LogP contribution is -2.18. The fraction of sp³-hybridized carbons (Fsp3) is 0.0909. The number of nitrogens with one attached hydrogen (secondary N) is 1. The van der Waals surface area contributed by atoms with Gasteiger partial charge in [-0.1, -0.05) is 29.3 Å². The molecule has 2 heterocycles. The Bertz CT molecular complexity index is 1160. The van der Waals surface area contributed by atoms with Crippen molar-refractivity contribution in [2.24, 2.45) is 4.99 Å². The van der Waals surface area contributed by atoms with E-state index in [0.29, 0.717) is 32.3 Å². The average molecular weight is 443 g/mol. The summed E-state index contributed by atoms with van der Waals surface area (Å²) in [5.41, 5.74) is 3.90. The van der Waals surface area contributed by atoms with Gasteiger partial charge in [-0.05, 0) is 85.3 Å². The van der Waals surface area contributed by atoms with Crippen LogP contribution in [-0.4, -0.2) is 11.1 Å². The Morgan fingerprint density at radius 3 is 2.48 bits per heavy atom. The van der Waals surface area contributed by atoms with E-state index in [0.717, 1.165) is 28.6 Å². The second-order valence-electron chi connectivity index (χ2n) is 6.61. The Balaban J connectivity index is 1.65. The first-order valence-electron chi connectivity index (χ1n) is 8.80. The lowest BCUT2D eigenvalue weighted by Gasteiger charge is -2.03. The minimum absolute atomic E-state index is 0.174. The van der Waals surface area contributed by atoms with E-state index >= 15 is 0 Å². The molecule has 0 unspecified atom stereocenters. The third-order valence-corrected chi connectivity index (χ3v) is 5.69. The number of aryl methyl sites for hydroxylation is 2. The van der Waals surface area contributed by atoms with Crippen molar-refractivity contribution in [3.63, 3.8) is 0 Å². The van der Waals surface area contributed by atoms with Gasteiger partial charge in [0.1, 0.15) is 17.4 Å². The zero-order chi connectivity index (χ0) is 20.5. The summed E-state index contributed by atoms with van der Waals surface area (Å²) in [7, 11) is 0. The van der Waals surface area contributed by atoms with Crippen molar-refractivity contribution in [3.05, 3.63) is 80.4 Å². The van der Waals surface area contributed by atoms with Crippen LogP contribution in [0.5, 0.6) is 0 Å². The van der Waals surface area contributed by atoms with Gasteiger partial charge in [-0.3, -0.25) is 4.79 Å². The van der Waals surface area contributed by atoms with Crippen LogP contribution in [0.2, 0.25) is 10.0 Å². The molecular formula is C22H16Cl2N2O2S. The molecule has 0 saturated carbocycles. The summed E-state index contributed by atoms with van der Waals surface area (Å²) >= 11 is 13.2. The number of benzene rings is 2. The standard InChI is InChI=1S/C22H16Cl2N2O2S/c1-12-3-4-17(7-13(12)2)25-21-20(29-22(27)26-21)11-18-5-6-19(28-18)14-8-15(23)10-16(24)9-14/h3-11H,1-2H3,(H,25,26,27). The topological polar surface area (TPSA) is 54.6 Å². The molecule has 0 spiro atoms. The predicted molar refractivity (Wildman–Crippen MR) is 121 cm³/mol. The summed E-state index contributed by atoms with van der Waals surface area (Å²) in [5, 5.41) is 3.69. The molecule has 3 aromatic rings. The summed E-state index contributed by atoms with van der Waals surface area (Å²) in [6.07, 6.45) is 1.79. The number of hydrogen-bond donors (Lipinski definition) is 1. The van der Waals surface area contributed by atoms with Gasteiger partial charge in [0.25, 0.3) is 5.24 Å². The fourth-order valence-electron chi connectivity index (χ4n) is 2.85. The Morgan fingerprint density at radius 1 is 1.00 bits per heavy atom. The third kappa shape index (κ3) is 4.58. The lowest BCUT2D eigenvalue weighted by molar-refractivity contribution is 0.265. The summed E-state index contributed by atoms with van der Waals surface area (Å²) in [5.74, 6) is 1.74. The molecule has 29 heavy (non-hydrogen) atoms.